The minimum absolute atomic E-state index is 0.0656. The van der Waals surface area contributed by atoms with Gasteiger partial charge in [-0.3, -0.25) is 32.5 Å². The maximum Gasteiger partial charge on any atom is 0.472 e. The highest BCUT2D eigenvalue weighted by molar-refractivity contribution is 7.47. The Hall–Kier alpha value is -5.35. The second kappa shape index (κ2) is 74.4. The van der Waals surface area contributed by atoms with Gasteiger partial charge in [-0.05, 0) is 161 Å². The lowest BCUT2D eigenvalue weighted by Gasteiger charge is -2.21. The molecule has 0 rings (SSSR count). The molecule has 16 nitrogen and oxygen atoms in total. The fourth-order valence-corrected chi connectivity index (χ4v) is 10.9. The molecule has 0 aromatic rings. The number of aliphatic hydroxyl groups excluding tert-OH is 2. The topological polar surface area (TPSA) is 231 Å². The summed E-state index contributed by atoms with van der Waals surface area (Å²) in [6.07, 6.45) is 95.0. The lowest BCUT2D eigenvalue weighted by molar-refractivity contribution is -0.161. The average Bonchev–Trinajstić information content (AvgIpc) is 0.972. The summed E-state index contributed by atoms with van der Waals surface area (Å²) < 4.78 is 61.1. The van der Waals surface area contributed by atoms with Gasteiger partial charge in [0.1, 0.15) is 25.4 Å². The van der Waals surface area contributed by atoms with Crippen molar-refractivity contribution >= 4 is 33.6 Å². The number of ether oxygens (including phenoxy) is 3. The molecule has 0 heterocycles. The van der Waals surface area contributed by atoms with Crippen LogP contribution in [-0.2, 0) is 55.8 Å². The first kappa shape index (κ1) is 95.6. The summed E-state index contributed by atoms with van der Waals surface area (Å²) in [6, 6.07) is 0. The first-order valence-corrected chi connectivity index (χ1v) is 41.1. The van der Waals surface area contributed by atoms with Crippen molar-refractivity contribution < 1.29 is 75.8 Å². The van der Waals surface area contributed by atoms with Crippen LogP contribution in [0.5, 0.6) is 0 Å². The minimum atomic E-state index is -4.96. The molecule has 0 amide bonds. The van der Waals surface area contributed by atoms with E-state index in [1.54, 1.807) is 0 Å². The number of rotatable bonds is 70. The van der Waals surface area contributed by atoms with Crippen LogP contribution in [0, 0.1) is 0 Å². The SMILES string of the molecule is CC/C=C\C/C=C\C/C=C\C/C=C\C/C=C\C/C=C\CCCCC(=O)OCC(COP(=O)(O)OCC(O)COP(=O)(O)OCC(O)COC(=O)CCCCCCCCC/C=C\C/C=C\C/C=C\C/C=C\C/C=C\CC)OC(=O)CCCCCCC/C=C\C/C=C\C/C=C\C/C=C\CCCCC. The van der Waals surface area contributed by atoms with Crippen LogP contribution in [0.15, 0.2) is 182 Å². The number of carbonyl (C=O) groups excluding carboxylic acids is 3. The first-order chi connectivity index (χ1) is 49.2. The lowest BCUT2D eigenvalue weighted by atomic mass is 10.1. The number of aliphatic hydroxyl groups is 2. The molecule has 0 aromatic carbocycles. The van der Waals surface area contributed by atoms with Gasteiger partial charge in [0.15, 0.2) is 6.10 Å². The van der Waals surface area contributed by atoms with Gasteiger partial charge in [0.05, 0.1) is 26.4 Å². The van der Waals surface area contributed by atoms with Crippen LogP contribution in [0.25, 0.3) is 0 Å². The summed E-state index contributed by atoms with van der Waals surface area (Å²) in [7, 11) is -9.83. The molecular weight excluding hydrogens is 1310 g/mol. The lowest BCUT2D eigenvalue weighted by Crippen LogP contribution is -2.30. The number of hydrogen-bond donors (Lipinski definition) is 4. The molecule has 0 aliphatic heterocycles. The molecule has 572 valence electrons. The molecule has 0 saturated heterocycles. The third kappa shape index (κ3) is 75.6. The normalized spacial score (nSPS) is 15.0. The van der Waals surface area contributed by atoms with Crippen LogP contribution in [0.3, 0.4) is 0 Å². The number of allylic oxidation sites excluding steroid dienone is 30. The van der Waals surface area contributed by atoms with Gasteiger partial charge in [-0.2, -0.15) is 0 Å². The Morgan fingerprint density at radius 2 is 0.525 bits per heavy atom. The standard InChI is InChI=1S/C83H134O16P2/c1-4-7-10-13-16-19-22-25-28-31-34-37-38-41-43-45-48-51-54-57-60-63-66-69-81(86)93-72-78(84)73-95-100(89,90)96-74-79(85)75-97-101(91,92)98-77-80(99-83(88)71-68-65-62-59-56-53-50-47-44-40-36-33-30-27-24-21-18-15-12-9-6-3)76-94-82(87)70-67-64-61-58-55-52-49-46-42-39-35-32-29-26-23-20-17-14-11-8-5-2/h7-8,10-11,16-21,25-30,34-37,39-41,43,46-47,49-50,55,58,78-80,84-85H,4-6,9,12-15,22-24,31-33,38,42,44-45,48,51-54,56-57,59-77H2,1-3H3,(H,89,90)(H,91,92)/b10-7-,11-8-,19-16-,20-17-,21-18-,28-25-,29-26-,30-27-,37-34-,39-35-,40-36-,43-41-,49-46-,50-47-,58-55-. The van der Waals surface area contributed by atoms with Crippen molar-refractivity contribution in [2.45, 2.75) is 283 Å². The zero-order valence-electron chi connectivity index (χ0n) is 62.2. The number of hydrogen-bond acceptors (Lipinski definition) is 14. The molecular formula is C83H134O16P2. The van der Waals surface area contributed by atoms with Gasteiger partial charge in [-0.25, -0.2) is 9.13 Å². The Kier molecular flexibility index (Phi) is 70.4. The number of phosphoric acid groups is 2. The van der Waals surface area contributed by atoms with Crippen molar-refractivity contribution in [2.75, 3.05) is 39.6 Å². The van der Waals surface area contributed by atoms with E-state index in [0.29, 0.717) is 19.3 Å². The fraction of sp³-hybridized carbons (Fsp3) is 0.602. The summed E-state index contributed by atoms with van der Waals surface area (Å²) in [5, 5.41) is 20.6. The quantitative estimate of drug-likeness (QED) is 0.0146. The molecule has 18 heteroatoms. The van der Waals surface area contributed by atoms with Gasteiger partial charge in [0.2, 0.25) is 0 Å². The zero-order valence-corrected chi connectivity index (χ0v) is 64.0. The number of phosphoric ester groups is 2. The molecule has 0 aliphatic rings. The van der Waals surface area contributed by atoms with Gasteiger partial charge in [0, 0.05) is 19.3 Å². The predicted octanol–water partition coefficient (Wildman–Crippen LogP) is 22.2. The van der Waals surface area contributed by atoms with Crippen LogP contribution in [0.1, 0.15) is 265 Å². The third-order valence-electron chi connectivity index (χ3n) is 15.1. The Balaban J connectivity index is 4.80. The molecule has 0 fully saturated rings. The van der Waals surface area contributed by atoms with E-state index in [1.807, 2.05) is 0 Å². The summed E-state index contributed by atoms with van der Waals surface area (Å²) in [6.45, 7) is 2.31. The second-order valence-corrected chi connectivity index (χ2v) is 27.6. The highest BCUT2D eigenvalue weighted by atomic mass is 31.2. The van der Waals surface area contributed by atoms with Crippen molar-refractivity contribution in [3.63, 3.8) is 0 Å². The Labute approximate surface area is 611 Å². The van der Waals surface area contributed by atoms with Crippen LogP contribution in [-0.4, -0.2) is 95.9 Å². The molecule has 0 spiro atoms. The fourth-order valence-electron chi connectivity index (χ4n) is 9.35. The van der Waals surface area contributed by atoms with E-state index in [9.17, 15) is 43.5 Å². The molecule has 0 bridgehead atoms. The summed E-state index contributed by atoms with van der Waals surface area (Å²) in [4.78, 5) is 58.6. The molecule has 0 aliphatic carbocycles. The van der Waals surface area contributed by atoms with Gasteiger partial charge < -0.3 is 34.2 Å². The summed E-state index contributed by atoms with van der Waals surface area (Å²) in [5.74, 6) is -1.67. The van der Waals surface area contributed by atoms with E-state index in [0.717, 1.165) is 186 Å². The van der Waals surface area contributed by atoms with Crippen LogP contribution >= 0.6 is 15.6 Å². The number of esters is 3. The maximum absolute atomic E-state index is 13.0. The summed E-state index contributed by atoms with van der Waals surface area (Å²) in [5.41, 5.74) is 0. The molecule has 5 atom stereocenters. The Bertz CT molecular complexity index is 2570. The van der Waals surface area contributed by atoms with E-state index < -0.39 is 91.5 Å². The third-order valence-corrected chi connectivity index (χ3v) is 17.0. The average molecular weight is 1450 g/mol. The van der Waals surface area contributed by atoms with Crippen molar-refractivity contribution in [2.24, 2.45) is 0 Å². The van der Waals surface area contributed by atoms with Gasteiger partial charge >= 0.3 is 33.6 Å². The number of carbonyl (C=O) groups is 3. The van der Waals surface area contributed by atoms with E-state index in [2.05, 4.69) is 203 Å². The molecule has 101 heavy (non-hydrogen) atoms. The van der Waals surface area contributed by atoms with E-state index in [4.69, 9.17) is 32.3 Å². The smallest absolute Gasteiger partial charge is 0.463 e. The Morgan fingerprint density at radius 3 is 0.851 bits per heavy atom. The van der Waals surface area contributed by atoms with Crippen molar-refractivity contribution in [1.82, 2.24) is 0 Å². The van der Waals surface area contributed by atoms with Crippen molar-refractivity contribution in [3.05, 3.63) is 182 Å². The largest absolute Gasteiger partial charge is 0.472 e. The minimum Gasteiger partial charge on any atom is -0.463 e. The molecule has 5 unspecified atom stereocenters. The van der Waals surface area contributed by atoms with Crippen molar-refractivity contribution in [1.29, 1.82) is 0 Å². The van der Waals surface area contributed by atoms with Crippen LogP contribution < -0.4 is 0 Å². The predicted molar refractivity (Wildman–Crippen MR) is 417 cm³/mol. The highest BCUT2D eigenvalue weighted by Gasteiger charge is 2.29. The van der Waals surface area contributed by atoms with E-state index in [-0.39, 0.29) is 19.3 Å². The van der Waals surface area contributed by atoms with E-state index in [1.165, 1.54) is 19.3 Å². The molecule has 4 N–H and O–H groups in total. The van der Waals surface area contributed by atoms with Gasteiger partial charge in [-0.15, -0.1) is 0 Å². The van der Waals surface area contributed by atoms with Gasteiger partial charge in [-0.1, -0.05) is 267 Å². The van der Waals surface area contributed by atoms with E-state index >= 15 is 0 Å². The second-order valence-electron chi connectivity index (χ2n) is 24.7. The summed E-state index contributed by atoms with van der Waals surface area (Å²) >= 11 is 0. The Morgan fingerprint density at radius 1 is 0.287 bits per heavy atom. The monoisotopic (exact) mass is 1450 g/mol. The molecule has 0 radical (unpaired) electrons. The molecule has 0 saturated carbocycles. The molecule has 0 aromatic heterocycles. The zero-order chi connectivity index (χ0) is 73.7. The highest BCUT2D eigenvalue weighted by Crippen LogP contribution is 2.45. The first-order valence-electron chi connectivity index (χ1n) is 38.1. The van der Waals surface area contributed by atoms with Gasteiger partial charge in [0.25, 0.3) is 0 Å². The number of unbranched alkanes of at least 4 members (excludes halogenated alkanes) is 17. The van der Waals surface area contributed by atoms with Crippen LogP contribution in [0.2, 0.25) is 0 Å². The maximum atomic E-state index is 13.0. The van der Waals surface area contributed by atoms with Crippen LogP contribution in [0.4, 0.5) is 0 Å². The van der Waals surface area contributed by atoms with Crippen molar-refractivity contribution in [3.8, 4) is 0 Å².